The van der Waals surface area contributed by atoms with E-state index in [-0.39, 0.29) is 11.7 Å². The molecule has 2 aromatic rings. The molecule has 1 aliphatic heterocycles. The molecule has 8 heteroatoms. The zero-order valence-electron chi connectivity index (χ0n) is 13.5. The number of aromatic nitrogens is 3. The van der Waals surface area contributed by atoms with Gasteiger partial charge in [0.15, 0.2) is 5.82 Å². The van der Waals surface area contributed by atoms with Crippen LogP contribution in [0, 0.1) is 29.0 Å². The van der Waals surface area contributed by atoms with E-state index in [1.807, 2.05) is 10.6 Å². The molecule has 0 atom stereocenters. The van der Waals surface area contributed by atoms with Crippen molar-refractivity contribution in [1.82, 2.24) is 19.7 Å². The molecule has 0 fully saturated rings. The molecular weight excluding hydrogens is 325 g/mol. The second-order valence-electron chi connectivity index (χ2n) is 5.30. The van der Waals surface area contributed by atoms with Gasteiger partial charge in [0.1, 0.15) is 5.82 Å². The number of halogens is 1. The largest absolute Gasteiger partial charge is 0.450 e. The fraction of sp³-hybridized carbons (Fsp3) is 0.294. The fourth-order valence-electron chi connectivity index (χ4n) is 2.48. The van der Waals surface area contributed by atoms with E-state index < -0.39 is 5.82 Å². The van der Waals surface area contributed by atoms with Crippen LogP contribution in [0.4, 0.5) is 9.18 Å². The molecule has 0 N–H and O–H groups in total. The predicted octanol–water partition coefficient (Wildman–Crippen LogP) is 1.66. The second-order valence-corrected chi connectivity index (χ2v) is 5.30. The summed E-state index contributed by atoms with van der Waals surface area (Å²) >= 11 is 0. The van der Waals surface area contributed by atoms with Crippen molar-refractivity contribution < 1.29 is 13.9 Å². The standard InChI is InChI=1S/C17H14FN5O2/c1-2-25-17(24)22-5-6-23-15(20-21-16(23)11-22)4-3-12-7-13(10-19)9-14(18)8-12/h7-9H,2,5-6,11H2,1H3. The number of carbonyl (C=O) groups is 1. The number of nitriles is 1. The van der Waals surface area contributed by atoms with E-state index in [4.69, 9.17) is 10.00 Å². The fourth-order valence-corrected chi connectivity index (χ4v) is 2.48. The quantitative estimate of drug-likeness (QED) is 0.738. The van der Waals surface area contributed by atoms with Crippen molar-refractivity contribution in [3.63, 3.8) is 0 Å². The van der Waals surface area contributed by atoms with Gasteiger partial charge in [0.25, 0.3) is 0 Å². The van der Waals surface area contributed by atoms with E-state index in [2.05, 4.69) is 22.0 Å². The Morgan fingerprint density at radius 2 is 2.08 bits per heavy atom. The van der Waals surface area contributed by atoms with Gasteiger partial charge in [-0.1, -0.05) is 5.92 Å². The van der Waals surface area contributed by atoms with Crippen LogP contribution in [0.15, 0.2) is 18.2 Å². The summed E-state index contributed by atoms with van der Waals surface area (Å²) in [6.07, 6.45) is -0.381. The lowest BCUT2D eigenvalue weighted by atomic mass is 10.1. The Labute approximate surface area is 143 Å². The van der Waals surface area contributed by atoms with Gasteiger partial charge in [-0.25, -0.2) is 9.18 Å². The summed E-state index contributed by atoms with van der Waals surface area (Å²) in [4.78, 5) is 13.3. The number of hydrogen-bond donors (Lipinski definition) is 0. The van der Waals surface area contributed by atoms with Crippen LogP contribution in [-0.2, 0) is 17.8 Å². The maximum atomic E-state index is 13.4. The van der Waals surface area contributed by atoms with Gasteiger partial charge in [0.05, 0.1) is 24.8 Å². The summed E-state index contributed by atoms with van der Waals surface area (Å²) < 4.78 is 20.2. The zero-order valence-corrected chi connectivity index (χ0v) is 13.5. The Kier molecular flexibility index (Phi) is 4.62. The molecule has 25 heavy (non-hydrogen) atoms. The van der Waals surface area contributed by atoms with Crippen molar-refractivity contribution >= 4 is 6.09 Å². The molecule has 0 aliphatic carbocycles. The van der Waals surface area contributed by atoms with Crippen molar-refractivity contribution in [2.24, 2.45) is 0 Å². The molecule has 7 nitrogen and oxygen atoms in total. The van der Waals surface area contributed by atoms with Crippen molar-refractivity contribution in [2.75, 3.05) is 13.2 Å². The first kappa shape index (κ1) is 16.5. The Hall–Kier alpha value is -3.39. The van der Waals surface area contributed by atoms with E-state index in [0.29, 0.717) is 43.5 Å². The van der Waals surface area contributed by atoms with Gasteiger partial charge in [-0.15, -0.1) is 10.2 Å². The SMILES string of the molecule is CCOC(=O)N1CCn2c(C#Cc3cc(F)cc(C#N)c3)nnc2C1. The summed E-state index contributed by atoms with van der Waals surface area (Å²) in [5.74, 6) is 6.17. The molecule has 0 bridgehead atoms. The van der Waals surface area contributed by atoms with Gasteiger partial charge in [-0.3, -0.25) is 4.90 Å². The topological polar surface area (TPSA) is 84.0 Å². The normalized spacial score (nSPS) is 12.6. The number of nitrogens with zero attached hydrogens (tertiary/aromatic N) is 5. The molecule has 1 amide bonds. The molecule has 0 radical (unpaired) electrons. The number of rotatable bonds is 1. The molecule has 1 aliphatic rings. The van der Waals surface area contributed by atoms with Crippen molar-refractivity contribution in [2.45, 2.75) is 20.0 Å². The van der Waals surface area contributed by atoms with Crippen molar-refractivity contribution in [3.05, 3.63) is 46.8 Å². The van der Waals surface area contributed by atoms with E-state index in [0.717, 1.165) is 6.07 Å². The number of hydrogen-bond acceptors (Lipinski definition) is 5. The van der Waals surface area contributed by atoms with Crippen LogP contribution >= 0.6 is 0 Å². The molecular formula is C17H14FN5O2. The summed E-state index contributed by atoms with van der Waals surface area (Å²) in [5, 5.41) is 16.9. The first-order valence-electron chi connectivity index (χ1n) is 7.67. The van der Waals surface area contributed by atoms with Gasteiger partial charge in [0, 0.05) is 18.7 Å². The predicted molar refractivity (Wildman–Crippen MR) is 84.5 cm³/mol. The monoisotopic (exact) mass is 339 g/mol. The number of carbonyl (C=O) groups excluding carboxylic acids is 1. The highest BCUT2D eigenvalue weighted by Crippen LogP contribution is 2.13. The lowest BCUT2D eigenvalue weighted by molar-refractivity contribution is 0.0962. The molecule has 0 unspecified atom stereocenters. The van der Waals surface area contributed by atoms with Crippen molar-refractivity contribution in [1.29, 1.82) is 5.26 Å². The molecule has 0 spiro atoms. The number of ether oxygens (including phenoxy) is 1. The zero-order chi connectivity index (χ0) is 17.8. The Morgan fingerprint density at radius 3 is 2.84 bits per heavy atom. The third kappa shape index (κ3) is 3.59. The Bertz CT molecular complexity index is 919. The maximum Gasteiger partial charge on any atom is 0.410 e. The summed E-state index contributed by atoms with van der Waals surface area (Å²) in [5.41, 5.74) is 0.593. The Morgan fingerprint density at radius 1 is 1.28 bits per heavy atom. The number of amides is 1. The molecule has 1 aromatic heterocycles. The van der Waals surface area contributed by atoms with E-state index in [9.17, 15) is 9.18 Å². The molecule has 2 heterocycles. The average Bonchev–Trinajstić information content (AvgIpc) is 3.02. The molecule has 3 rings (SSSR count). The lowest BCUT2D eigenvalue weighted by Gasteiger charge is -2.26. The van der Waals surface area contributed by atoms with Gasteiger partial charge < -0.3 is 9.30 Å². The lowest BCUT2D eigenvalue weighted by Crippen LogP contribution is -2.39. The highest BCUT2D eigenvalue weighted by atomic mass is 19.1. The minimum Gasteiger partial charge on any atom is -0.450 e. The maximum absolute atomic E-state index is 13.4. The van der Waals surface area contributed by atoms with Gasteiger partial charge >= 0.3 is 6.09 Å². The number of benzene rings is 1. The highest BCUT2D eigenvalue weighted by Gasteiger charge is 2.24. The summed E-state index contributed by atoms with van der Waals surface area (Å²) in [6.45, 7) is 3.33. The first-order chi connectivity index (χ1) is 12.1. The second kappa shape index (κ2) is 7.02. The van der Waals surface area contributed by atoms with Crippen LogP contribution in [0.1, 0.15) is 29.7 Å². The van der Waals surface area contributed by atoms with E-state index in [1.54, 1.807) is 11.8 Å². The minimum atomic E-state index is -0.517. The third-order valence-corrected chi connectivity index (χ3v) is 3.62. The smallest absolute Gasteiger partial charge is 0.410 e. The molecule has 1 aromatic carbocycles. The van der Waals surface area contributed by atoms with Crippen LogP contribution < -0.4 is 0 Å². The van der Waals surface area contributed by atoms with Crippen LogP contribution in [0.5, 0.6) is 0 Å². The Balaban J connectivity index is 1.81. The van der Waals surface area contributed by atoms with Gasteiger partial charge in [-0.05, 0) is 31.0 Å². The van der Waals surface area contributed by atoms with Crippen LogP contribution in [0.25, 0.3) is 0 Å². The van der Waals surface area contributed by atoms with E-state index in [1.165, 1.54) is 12.1 Å². The van der Waals surface area contributed by atoms with Crippen LogP contribution in [0.2, 0.25) is 0 Å². The van der Waals surface area contributed by atoms with Crippen LogP contribution in [0.3, 0.4) is 0 Å². The van der Waals surface area contributed by atoms with Gasteiger partial charge in [0.2, 0.25) is 5.82 Å². The first-order valence-corrected chi connectivity index (χ1v) is 7.67. The molecule has 126 valence electrons. The number of fused-ring (bicyclic) bond motifs is 1. The summed E-state index contributed by atoms with van der Waals surface area (Å²) in [6, 6.07) is 5.79. The van der Waals surface area contributed by atoms with Crippen LogP contribution in [-0.4, -0.2) is 38.9 Å². The summed E-state index contributed by atoms with van der Waals surface area (Å²) in [7, 11) is 0. The highest BCUT2D eigenvalue weighted by molar-refractivity contribution is 5.67. The average molecular weight is 339 g/mol. The molecule has 0 saturated heterocycles. The molecule has 0 saturated carbocycles. The van der Waals surface area contributed by atoms with Gasteiger partial charge in [-0.2, -0.15) is 5.26 Å². The van der Waals surface area contributed by atoms with Crippen molar-refractivity contribution in [3.8, 4) is 17.9 Å². The van der Waals surface area contributed by atoms with E-state index >= 15 is 0 Å². The third-order valence-electron chi connectivity index (χ3n) is 3.62. The minimum absolute atomic E-state index is 0.206.